The van der Waals surface area contributed by atoms with E-state index in [2.05, 4.69) is 27.8 Å². The van der Waals surface area contributed by atoms with Crippen LogP contribution >= 0.6 is 40.5 Å². The van der Waals surface area contributed by atoms with Crippen LogP contribution in [0.25, 0.3) is 20.4 Å². The van der Waals surface area contributed by atoms with Crippen LogP contribution in [0.5, 0.6) is 0 Å². The molecule has 0 saturated heterocycles. The van der Waals surface area contributed by atoms with E-state index in [9.17, 15) is 0 Å². The van der Waals surface area contributed by atoms with Crippen molar-refractivity contribution in [1.82, 2.24) is 9.97 Å². The first-order chi connectivity index (χ1) is 13.9. The van der Waals surface area contributed by atoms with Crippen LogP contribution in [0.15, 0.2) is 48.5 Å². The van der Waals surface area contributed by atoms with Crippen molar-refractivity contribution in [1.29, 1.82) is 0 Å². The van der Waals surface area contributed by atoms with Crippen LogP contribution in [0.4, 0.5) is 0 Å². The van der Waals surface area contributed by atoms with Gasteiger partial charge in [-0.2, -0.15) is 0 Å². The Balaban J connectivity index is -0.000000354. The molecule has 0 saturated carbocycles. The molecular weight excluding hydrogens is 582 g/mol. The zero-order valence-corrected chi connectivity index (χ0v) is 22.4. The van der Waals surface area contributed by atoms with E-state index in [-0.39, 0.29) is 14.9 Å². The first-order valence-corrected chi connectivity index (χ1v) is 17.0. The predicted octanol–water partition coefficient (Wildman–Crippen LogP) is 6.95. The van der Waals surface area contributed by atoms with E-state index in [4.69, 9.17) is 28.0 Å². The van der Waals surface area contributed by atoms with E-state index >= 15 is 0 Å². The molecule has 4 rings (SSSR count). The molecule has 0 aliphatic carbocycles. The summed E-state index contributed by atoms with van der Waals surface area (Å²) >= 11 is 2.66. The van der Waals surface area contributed by atoms with Crippen LogP contribution in [0.1, 0.15) is 24.9 Å². The number of aromatic nitrogens is 2. The van der Waals surface area contributed by atoms with E-state index in [1.54, 1.807) is 22.7 Å². The molecule has 6 nitrogen and oxygen atoms in total. The first kappa shape index (κ1) is 34.6. The predicted molar refractivity (Wildman–Crippen MR) is 143 cm³/mol. The number of hydrogen-bond donors (Lipinski definition) is 1. The molecule has 2 aromatic carbocycles. The minimum absolute atomic E-state index is 0. The molecule has 2 N–H and O–H groups in total. The molecule has 31 heavy (non-hydrogen) atoms. The molecule has 0 fully saturated rings. The van der Waals surface area contributed by atoms with Crippen molar-refractivity contribution in [3.8, 4) is 0 Å². The molecular formula is C20H30Cl2N4O2S2Sn. The second-order valence-electron chi connectivity index (χ2n) is 4.91. The number of fused-ring (bicyclic) bond motifs is 2. The quantitative estimate of drug-likeness (QED) is 0.132. The standard InChI is InChI=1S/2C8H7NS.CH3NO2.CH5N.2CH4.2ClH.Sn/c2*1-6-9-7-4-2-3-5-8(7)10-6;1-2(3)4;1-2;;;;;/h2*2-5H,1H3;1H3;2H2,1H3;2*1H4;2*1H;/q;;;;;;;;+2/p-2. The van der Waals surface area contributed by atoms with Crippen molar-refractivity contribution in [2.75, 3.05) is 14.1 Å². The van der Waals surface area contributed by atoms with Crippen molar-refractivity contribution >= 4 is 79.8 Å². The molecule has 0 amide bonds. The second-order valence-corrected chi connectivity index (χ2v) is 11.6. The average Bonchev–Trinajstić information content (AvgIpc) is 3.24. The van der Waals surface area contributed by atoms with Gasteiger partial charge in [0, 0.05) is 4.92 Å². The van der Waals surface area contributed by atoms with E-state index in [1.165, 1.54) is 16.4 Å². The van der Waals surface area contributed by atoms with Gasteiger partial charge < -0.3 is 5.73 Å². The average molecular weight is 612 g/mol. The van der Waals surface area contributed by atoms with Gasteiger partial charge in [0.25, 0.3) is 0 Å². The fourth-order valence-electron chi connectivity index (χ4n) is 1.97. The molecule has 2 radical (unpaired) electrons. The van der Waals surface area contributed by atoms with Gasteiger partial charge in [0.05, 0.1) is 30.4 Å². The summed E-state index contributed by atoms with van der Waals surface area (Å²) in [6.07, 6.45) is 0. The Hall–Kier alpha value is -1.04. The van der Waals surface area contributed by atoms with Gasteiger partial charge in [0.1, 0.15) is 0 Å². The molecule has 0 aliphatic heterocycles. The fourth-order valence-corrected chi connectivity index (χ4v) is 3.63. The molecule has 4 aromatic rings. The molecule has 2 heterocycles. The number of rotatable bonds is 0. The molecule has 0 spiro atoms. The number of aryl methyl sites for hydroxylation is 2. The number of halogens is 2. The van der Waals surface area contributed by atoms with Crippen LogP contribution in [0.2, 0.25) is 0 Å². The van der Waals surface area contributed by atoms with Gasteiger partial charge in [-0.25, -0.2) is 9.97 Å². The van der Waals surface area contributed by atoms with Crippen LogP contribution < -0.4 is 5.73 Å². The molecule has 2 aromatic heterocycles. The van der Waals surface area contributed by atoms with Crippen LogP contribution in [0, 0.1) is 24.0 Å². The van der Waals surface area contributed by atoms with E-state index < -0.39 is 23.8 Å². The number of para-hydroxylation sites is 2. The number of nitrogens with zero attached hydrogens (tertiary/aromatic N) is 3. The summed E-state index contributed by atoms with van der Waals surface area (Å²) in [6, 6.07) is 16.4. The zero-order chi connectivity index (χ0) is 22.2. The molecule has 0 atom stereocenters. The molecule has 0 unspecified atom stereocenters. The summed E-state index contributed by atoms with van der Waals surface area (Å²) < 4.78 is 2.56. The SMILES string of the molecule is C.C.CN.C[N+](=O)[O-].Cc1nc2ccccc2s1.Cc1nc2ccccc2s1.[Cl][Sn][Cl]. The van der Waals surface area contributed by atoms with Crippen molar-refractivity contribution in [3.05, 3.63) is 68.7 Å². The van der Waals surface area contributed by atoms with E-state index in [0.29, 0.717) is 0 Å². The molecule has 11 heteroatoms. The van der Waals surface area contributed by atoms with Gasteiger partial charge in [-0.3, -0.25) is 10.1 Å². The monoisotopic (exact) mass is 612 g/mol. The van der Waals surface area contributed by atoms with Gasteiger partial charge in [0.15, 0.2) is 7.05 Å². The topological polar surface area (TPSA) is 94.9 Å². The van der Waals surface area contributed by atoms with Gasteiger partial charge in [-0.15, -0.1) is 22.7 Å². The Morgan fingerprint density at radius 2 is 1.13 bits per heavy atom. The summed E-state index contributed by atoms with van der Waals surface area (Å²) in [5, 5.41) is 11.1. The zero-order valence-electron chi connectivity index (χ0n) is 16.4. The Morgan fingerprint density at radius 3 is 1.39 bits per heavy atom. The molecule has 0 aliphatic rings. The van der Waals surface area contributed by atoms with E-state index in [1.807, 2.05) is 50.2 Å². The third-order valence-corrected chi connectivity index (χ3v) is 4.71. The Morgan fingerprint density at radius 1 is 0.871 bits per heavy atom. The summed E-state index contributed by atoms with van der Waals surface area (Å²) in [7, 11) is 12.3. The first-order valence-electron chi connectivity index (χ1n) is 8.13. The molecule has 0 bridgehead atoms. The van der Waals surface area contributed by atoms with Crippen LogP contribution in [0.3, 0.4) is 0 Å². The number of nitrogens with two attached hydrogens (primary N) is 1. The summed E-state index contributed by atoms with van der Waals surface area (Å²) in [4.78, 5) is 17.0. The Labute approximate surface area is 210 Å². The van der Waals surface area contributed by atoms with Gasteiger partial charge in [0.2, 0.25) is 0 Å². The second kappa shape index (κ2) is 20.8. The Bertz CT molecular complexity index is 842. The summed E-state index contributed by atoms with van der Waals surface area (Å²) in [5.74, 6) is 0. The molecule has 172 valence electrons. The maximum absolute atomic E-state index is 8.81. The van der Waals surface area contributed by atoms with Crippen LogP contribution in [-0.2, 0) is 0 Å². The maximum atomic E-state index is 8.81. The van der Waals surface area contributed by atoms with Crippen molar-refractivity contribution in [3.63, 3.8) is 0 Å². The number of thiazole rings is 2. The normalized spacial score (nSPS) is 8.35. The Kier molecular flexibility index (Phi) is 23.2. The number of benzene rings is 2. The number of nitro groups is 1. The van der Waals surface area contributed by atoms with Crippen molar-refractivity contribution in [2.45, 2.75) is 28.7 Å². The summed E-state index contributed by atoms with van der Waals surface area (Å²) in [6.45, 7) is 4.06. The number of hydrogen-bond acceptors (Lipinski definition) is 7. The third kappa shape index (κ3) is 15.4. The van der Waals surface area contributed by atoms with Crippen LogP contribution in [-0.4, -0.2) is 47.9 Å². The minimum atomic E-state index is -0.826. The van der Waals surface area contributed by atoms with E-state index in [0.717, 1.165) is 28.1 Å². The third-order valence-electron chi connectivity index (χ3n) is 2.80. The van der Waals surface area contributed by atoms with Crippen molar-refractivity contribution in [2.24, 2.45) is 5.73 Å². The fraction of sp³-hybridized carbons (Fsp3) is 0.300. The van der Waals surface area contributed by atoms with Crippen molar-refractivity contribution < 1.29 is 4.92 Å². The van der Waals surface area contributed by atoms with Gasteiger partial charge >= 0.3 is 36.7 Å². The van der Waals surface area contributed by atoms with Gasteiger partial charge in [-0.05, 0) is 45.2 Å². The summed E-state index contributed by atoms with van der Waals surface area (Å²) in [5.41, 5.74) is 6.73. The van der Waals surface area contributed by atoms with Gasteiger partial charge in [-0.1, -0.05) is 39.1 Å².